The second-order valence-electron chi connectivity index (χ2n) is 3.85. The molecule has 0 amide bonds. The first-order valence-electron chi connectivity index (χ1n) is 5.99. The molecule has 21 heavy (non-hydrogen) atoms. The zero-order valence-electron chi connectivity index (χ0n) is 11.4. The normalized spacial score (nSPS) is 10.2. The summed E-state index contributed by atoms with van der Waals surface area (Å²) >= 11 is 0. The molecular formula is C12H13N5O4. The summed E-state index contributed by atoms with van der Waals surface area (Å²) in [4.78, 5) is 31.0. The maximum Gasteiger partial charge on any atom is 0.361 e. The number of esters is 2. The molecule has 0 saturated carbocycles. The van der Waals surface area contributed by atoms with E-state index in [2.05, 4.69) is 19.8 Å². The minimum atomic E-state index is -0.633. The van der Waals surface area contributed by atoms with Crippen molar-refractivity contribution >= 4 is 17.6 Å². The highest BCUT2D eigenvalue weighted by Gasteiger charge is 2.18. The summed E-state index contributed by atoms with van der Waals surface area (Å²) in [5.74, 6) is -1.04. The number of nitrogens with two attached hydrogens (primary N) is 1. The van der Waals surface area contributed by atoms with Gasteiger partial charge in [0.1, 0.15) is 0 Å². The van der Waals surface area contributed by atoms with Crippen molar-refractivity contribution in [3.8, 4) is 5.82 Å². The number of methoxy groups -OCH3 is 1. The highest BCUT2D eigenvalue weighted by molar-refractivity contribution is 5.92. The van der Waals surface area contributed by atoms with Crippen molar-refractivity contribution in [1.82, 2.24) is 19.7 Å². The summed E-state index contributed by atoms with van der Waals surface area (Å²) in [6.07, 6.45) is 4.01. The van der Waals surface area contributed by atoms with Crippen LogP contribution >= 0.6 is 0 Å². The molecule has 0 aliphatic carbocycles. The molecule has 0 spiro atoms. The molecule has 9 heteroatoms. The molecule has 0 fully saturated rings. The third-order valence-electron chi connectivity index (χ3n) is 2.46. The fourth-order valence-corrected chi connectivity index (χ4v) is 1.53. The minimum Gasteiger partial charge on any atom is -0.464 e. The van der Waals surface area contributed by atoms with Gasteiger partial charge in [0.15, 0.2) is 17.2 Å². The highest BCUT2D eigenvalue weighted by atomic mass is 16.5. The molecule has 2 aromatic rings. The lowest BCUT2D eigenvalue weighted by Gasteiger charge is -2.02. The summed E-state index contributed by atoms with van der Waals surface area (Å²) in [6, 6.07) is 0. The predicted molar refractivity (Wildman–Crippen MR) is 70.9 cm³/mol. The topological polar surface area (TPSA) is 122 Å². The Morgan fingerprint density at radius 1 is 1.33 bits per heavy atom. The summed E-state index contributed by atoms with van der Waals surface area (Å²) < 4.78 is 10.6. The maximum atomic E-state index is 11.6. The van der Waals surface area contributed by atoms with E-state index in [1.807, 2.05) is 0 Å². The second-order valence-corrected chi connectivity index (χ2v) is 3.85. The Hall–Kier alpha value is -2.97. The van der Waals surface area contributed by atoms with E-state index in [9.17, 15) is 9.59 Å². The number of nitrogens with zero attached hydrogens (tertiary/aromatic N) is 4. The number of carbonyl (C=O) groups excluding carboxylic acids is 2. The van der Waals surface area contributed by atoms with Gasteiger partial charge in [-0.15, -0.1) is 0 Å². The molecule has 0 unspecified atom stereocenters. The van der Waals surface area contributed by atoms with Crippen molar-refractivity contribution < 1.29 is 19.1 Å². The van der Waals surface area contributed by atoms with Gasteiger partial charge in [0, 0.05) is 0 Å². The van der Waals surface area contributed by atoms with Gasteiger partial charge in [0.05, 0.1) is 38.0 Å². The van der Waals surface area contributed by atoms with Gasteiger partial charge in [0.25, 0.3) is 0 Å². The molecular weight excluding hydrogens is 278 g/mol. The van der Waals surface area contributed by atoms with Crippen LogP contribution in [0.1, 0.15) is 27.9 Å². The molecule has 0 saturated heterocycles. The standard InChI is InChI=1S/C12H13N5O4/c1-3-21-12(19)10-7(13)6-17(16-10)9-5-14-4-8(15-9)11(18)20-2/h4-6H,3,13H2,1-2H3. The fraction of sp³-hybridized carbons (Fsp3) is 0.250. The number of rotatable bonds is 4. The van der Waals surface area contributed by atoms with Crippen molar-refractivity contribution in [2.45, 2.75) is 6.92 Å². The summed E-state index contributed by atoms with van der Waals surface area (Å²) in [5, 5.41) is 3.99. The maximum absolute atomic E-state index is 11.6. The van der Waals surface area contributed by atoms with E-state index in [-0.39, 0.29) is 29.5 Å². The van der Waals surface area contributed by atoms with Crippen LogP contribution < -0.4 is 5.73 Å². The molecule has 110 valence electrons. The van der Waals surface area contributed by atoms with E-state index in [1.165, 1.54) is 30.4 Å². The first-order chi connectivity index (χ1) is 10.1. The third kappa shape index (κ3) is 2.96. The molecule has 0 aromatic carbocycles. The first kappa shape index (κ1) is 14.4. The predicted octanol–water partition coefficient (Wildman–Crippen LogP) is 0.208. The van der Waals surface area contributed by atoms with Crippen molar-refractivity contribution in [3.63, 3.8) is 0 Å². The van der Waals surface area contributed by atoms with Crippen LogP contribution in [-0.2, 0) is 9.47 Å². The van der Waals surface area contributed by atoms with E-state index in [0.29, 0.717) is 0 Å². The van der Waals surface area contributed by atoms with Gasteiger partial charge in [0.2, 0.25) is 0 Å². The quantitative estimate of drug-likeness (QED) is 0.793. The molecule has 2 rings (SSSR count). The van der Waals surface area contributed by atoms with Gasteiger partial charge in [-0.05, 0) is 6.92 Å². The average molecular weight is 291 g/mol. The van der Waals surface area contributed by atoms with Gasteiger partial charge in [-0.2, -0.15) is 5.10 Å². The Kier molecular flexibility index (Phi) is 4.12. The van der Waals surface area contributed by atoms with Crippen LogP contribution in [0.3, 0.4) is 0 Å². The Bertz CT molecular complexity index is 682. The van der Waals surface area contributed by atoms with E-state index in [4.69, 9.17) is 10.5 Å². The molecule has 2 heterocycles. The Labute approximate surface area is 119 Å². The molecule has 2 aromatic heterocycles. The fourth-order valence-electron chi connectivity index (χ4n) is 1.53. The van der Waals surface area contributed by atoms with Crippen molar-refractivity contribution in [3.05, 3.63) is 30.0 Å². The van der Waals surface area contributed by atoms with Crippen LogP contribution in [-0.4, -0.2) is 45.4 Å². The number of nitrogen functional groups attached to an aromatic ring is 1. The largest absolute Gasteiger partial charge is 0.464 e. The van der Waals surface area contributed by atoms with Gasteiger partial charge in [-0.1, -0.05) is 0 Å². The second kappa shape index (κ2) is 5.99. The minimum absolute atomic E-state index is 0.0155. The number of hydrogen-bond donors (Lipinski definition) is 1. The molecule has 9 nitrogen and oxygen atoms in total. The van der Waals surface area contributed by atoms with Crippen LogP contribution in [0.25, 0.3) is 5.82 Å². The van der Waals surface area contributed by atoms with Crippen LogP contribution in [0.15, 0.2) is 18.6 Å². The van der Waals surface area contributed by atoms with Gasteiger partial charge in [-0.25, -0.2) is 19.3 Å². The lowest BCUT2D eigenvalue weighted by Crippen LogP contribution is -2.10. The number of hydrogen-bond acceptors (Lipinski definition) is 8. The van der Waals surface area contributed by atoms with Crippen LogP contribution in [0.5, 0.6) is 0 Å². The van der Waals surface area contributed by atoms with Crippen LogP contribution in [0, 0.1) is 0 Å². The van der Waals surface area contributed by atoms with E-state index < -0.39 is 11.9 Å². The van der Waals surface area contributed by atoms with Crippen molar-refractivity contribution in [2.75, 3.05) is 19.5 Å². The Morgan fingerprint density at radius 2 is 2.10 bits per heavy atom. The lowest BCUT2D eigenvalue weighted by atomic mass is 10.4. The summed E-state index contributed by atoms with van der Waals surface area (Å²) in [7, 11) is 1.24. The first-order valence-corrected chi connectivity index (χ1v) is 5.99. The third-order valence-corrected chi connectivity index (χ3v) is 2.46. The number of aromatic nitrogens is 4. The lowest BCUT2D eigenvalue weighted by molar-refractivity contribution is 0.0519. The van der Waals surface area contributed by atoms with Gasteiger partial charge < -0.3 is 15.2 Å². The van der Waals surface area contributed by atoms with Gasteiger partial charge >= 0.3 is 11.9 Å². The monoisotopic (exact) mass is 291 g/mol. The van der Waals surface area contributed by atoms with Crippen LogP contribution in [0.4, 0.5) is 5.69 Å². The summed E-state index contributed by atoms with van der Waals surface area (Å²) in [6.45, 7) is 1.89. The number of ether oxygens (including phenoxy) is 2. The molecule has 0 atom stereocenters. The van der Waals surface area contributed by atoms with Crippen molar-refractivity contribution in [1.29, 1.82) is 0 Å². The SMILES string of the molecule is CCOC(=O)c1nn(-c2cncc(C(=O)OC)n2)cc1N. The molecule has 2 N–H and O–H groups in total. The average Bonchev–Trinajstić information content (AvgIpc) is 2.89. The van der Waals surface area contributed by atoms with Gasteiger partial charge in [-0.3, -0.25) is 4.98 Å². The Morgan fingerprint density at radius 3 is 2.76 bits per heavy atom. The number of carbonyl (C=O) groups is 2. The van der Waals surface area contributed by atoms with Crippen molar-refractivity contribution in [2.24, 2.45) is 0 Å². The molecule has 0 aliphatic rings. The zero-order chi connectivity index (χ0) is 15.4. The molecule has 0 radical (unpaired) electrons. The van der Waals surface area contributed by atoms with E-state index in [1.54, 1.807) is 6.92 Å². The molecule has 0 bridgehead atoms. The number of anilines is 1. The highest BCUT2D eigenvalue weighted by Crippen LogP contribution is 2.14. The van der Waals surface area contributed by atoms with Crippen LogP contribution in [0.2, 0.25) is 0 Å². The zero-order valence-corrected chi connectivity index (χ0v) is 11.4. The Balaban J connectivity index is 2.37. The van der Waals surface area contributed by atoms with E-state index in [0.717, 1.165) is 0 Å². The summed E-state index contributed by atoms with van der Waals surface area (Å²) in [5.41, 5.74) is 5.84. The molecule has 0 aliphatic heterocycles. The smallest absolute Gasteiger partial charge is 0.361 e. The van der Waals surface area contributed by atoms with E-state index >= 15 is 0 Å².